The number of likely N-dealkylation sites (tertiary alicyclic amines) is 1. The van der Waals surface area contributed by atoms with Crippen molar-refractivity contribution in [1.82, 2.24) is 9.80 Å². The summed E-state index contributed by atoms with van der Waals surface area (Å²) < 4.78 is 0. The first-order valence-corrected chi connectivity index (χ1v) is 6.64. The molecule has 1 amide bonds. The fourth-order valence-corrected chi connectivity index (χ4v) is 2.40. The van der Waals surface area contributed by atoms with E-state index in [1.165, 1.54) is 17.7 Å². The molecule has 2 rings (SSSR count). The molecule has 0 unspecified atom stereocenters. The second-order valence-electron chi connectivity index (χ2n) is 5.00. The summed E-state index contributed by atoms with van der Waals surface area (Å²) in [6.07, 6.45) is 2.53. The van der Waals surface area contributed by atoms with Gasteiger partial charge in [-0.2, -0.15) is 5.26 Å². The van der Waals surface area contributed by atoms with Crippen molar-refractivity contribution in [3.8, 4) is 6.07 Å². The van der Waals surface area contributed by atoms with E-state index in [9.17, 15) is 4.79 Å². The van der Waals surface area contributed by atoms with Gasteiger partial charge in [-0.25, -0.2) is 0 Å². The van der Waals surface area contributed by atoms with E-state index in [1.807, 2.05) is 24.3 Å². The smallest absolute Gasteiger partial charge is 0.254 e. The lowest BCUT2D eigenvalue weighted by atomic mass is 10.1. The maximum Gasteiger partial charge on any atom is 0.254 e. The summed E-state index contributed by atoms with van der Waals surface area (Å²) >= 11 is 0. The van der Waals surface area contributed by atoms with Crippen molar-refractivity contribution in [3.63, 3.8) is 0 Å². The number of amides is 1. The fraction of sp³-hybridized carbons (Fsp3) is 0.467. The number of hydrogen-bond donors (Lipinski definition) is 0. The molecule has 0 aromatic heterocycles. The Labute approximate surface area is 114 Å². The second kappa shape index (κ2) is 6.35. The molecule has 1 fully saturated rings. The molecule has 1 aromatic rings. The molecule has 0 radical (unpaired) electrons. The van der Waals surface area contributed by atoms with Gasteiger partial charge in [-0.3, -0.25) is 9.69 Å². The van der Waals surface area contributed by atoms with Gasteiger partial charge in [0, 0.05) is 19.2 Å². The Morgan fingerprint density at radius 3 is 2.84 bits per heavy atom. The van der Waals surface area contributed by atoms with Crippen LogP contribution in [0.2, 0.25) is 0 Å². The van der Waals surface area contributed by atoms with Crippen LogP contribution in [0.4, 0.5) is 0 Å². The Bertz CT molecular complexity index is 486. The van der Waals surface area contributed by atoms with E-state index in [-0.39, 0.29) is 12.5 Å². The van der Waals surface area contributed by atoms with E-state index in [1.54, 1.807) is 7.05 Å². The monoisotopic (exact) mass is 257 g/mol. The molecule has 0 atom stereocenters. The number of carbonyl (C=O) groups is 1. The van der Waals surface area contributed by atoms with Gasteiger partial charge in [-0.15, -0.1) is 0 Å². The first kappa shape index (κ1) is 13.6. The van der Waals surface area contributed by atoms with Gasteiger partial charge in [0.1, 0.15) is 6.54 Å². The van der Waals surface area contributed by atoms with Crippen LogP contribution in [0.25, 0.3) is 0 Å². The van der Waals surface area contributed by atoms with Crippen LogP contribution >= 0.6 is 0 Å². The molecule has 0 saturated carbocycles. The van der Waals surface area contributed by atoms with E-state index in [4.69, 9.17) is 5.26 Å². The van der Waals surface area contributed by atoms with Gasteiger partial charge in [0.05, 0.1) is 6.07 Å². The normalized spacial score (nSPS) is 15.2. The molecule has 0 aliphatic carbocycles. The highest BCUT2D eigenvalue weighted by Crippen LogP contribution is 2.14. The van der Waals surface area contributed by atoms with Crippen LogP contribution in [0, 0.1) is 11.3 Å². The summed E-state index contributed by atoms with van der Waals surface area (Å²) in [4.78, 5) is 15.9. The molecule has 0 N–H and O–H groups in total. The Kier molecular flexibility index (Phi) is 4.53. The lowest BCUT2D eigenvalue weighted by molar-refractivity contribution is 0.0812. The molecule has 0 bridgehead atoms. The minimum absolute atomic E-state index is 0.0928. The highest BCUT2D eigenvalue weighted by Gasteiger charge is 2.14. The Morgan fingerprint density at radius 2 is 2.16 bits per heavy atom. The van der Waals surface area contributed by atoms with Crippen molar-refractivity contribution >= 4 is 5.91 Å². The van der Waals surface area contributed by atoms with Crippen LogP contribution in [0.15, 0.2) is 24.3 Å². The molecule has 1 aliphatic rings. The molecule has 1 aromatic carbocycles. The lowest BCUT2D eigenvalue weighted by Gasteiger charge is -2.16. The zero-order chi connectivity index (χ0) is 13.7. The average Bonchev–Trinajstić information content (AvgIpc) is 2.91. The maximum atomic E-state index is 12.1. The summed E-state index contributed by atoms with van der Waals surface area (Å²) in [5, 5.41) is 8.63. The van der Waals surface area contributed by atoms with Crippen molar-refractivity contribution in [3.05, 3.63) is 35.4 Å². The third-order valence-corrected chi connectivity index (χ3v) is 3.43. The number of nitriles is 1. The molecular formula is C15H19N3O. The van der Waals surface area contributed by atoms with E-state index in [0.29, 0.717) is 5.56 Å². The summed E-state index contributed by atoms with van der Waals surface area (Å²) in [5.74, 6) is -0.0928. The van der Waals surface area contributed by atoms with Gasteiger partial charge in [0.2, 0.25) is 0 Å². The summed E-state index contributed by atoms with van der Waals surface area (Å²) in [7, 11) is 1.65. The van der Waals surface area contributed by atoms with Gasteiger partial charge < -0.3 is 4.90 Å². The quantitative estimate of drug-likeness (QED) is 0.774. The van der Waals surface area contributed by atoms with E-state index in [0.717, 1.165) is 25.2 Å². The van der Waals surface area contributed by atoms with E-state index >= 15 is 0 Å². The summed E-state index contributed by atoms with van der Waals surface area (Å²) in [6.45, 7) is 3.32. The van der Waals surface area contributed by atoms with Crippen molar-refractivity contribution in [1.29, 1.82) is 5.26 Å². The highest BCUT2D eigenvalue weighted by atomic mass is 16.2. The van der Waals surface area contributed by atoms with Crippen LogP contribution in [-0.2, 0) is 6.54 Å². The van der Waals surface area contributed by atoms with Crippen LogP contribution in [0.5, 0.6) is 0 Å². The SMILES string of the molecule is CN(CC#N)C(=O)c1cccc(CN2CCCC2)c1. The van der Waals surface area contributed by atoms with Crippen molar-refractivity contribution in [2.24, 2.45) is 0 Å². The summed E-state index contributed by atoms with van der Waals surface area (Å²) in [5.41, 5.74) is 1.83. The minimum atomic E-state index is -0.0928. The Balaban J connectivity index is 2.06. The fourth-order valence-electron chi connectivity index (χ4n) is 2.40. The number of nitrogens with zero attached hydrogens (tertiary/aromatic N) is 3. The third-order valence-electron chi connectivity index (χ3n) is 3.43. The second-order valence-corrected chi connectivity index (χ2v) is 5.00. The van der Waals surface area contributed by atoms with Gasteiger partial charge in [-0.1, -0.05) is 12.1 Å². The number of rotatable bonds is 4. The lowest BCUT2D eigenvalue weighted by Crippen LogP contribution is -2.27. The molecule has 4 heteroatoms. The average molecular weight is 257 g/mol. The molecule has 1 heterocycles. The predicted octanol–water partition coefficient (Wildman–Crippen LogP) is 1.88. The molecule has 4 nitrogen and oxygen atoms in total. The first-order chi connectivity index (χ1) is 9.20. The zero-order valence-electron chi connectivity index (χ0n) is 11.3. The standard InChI is InChI=1S/C15H19N3O/c1-17(10-7-16)15(19)14-6-4-5-13(11-14)12-18-8-2-3-9-18/h4-6,11H,2-3,8-10,12H2,1H3. The van der Waals surface area contributed by atoms with Gasteiger partial charge >= 0.3 is 0 Å². The Morgan fingerprint density at radius 1 is 1.42 bits per heavy atom. The number of hydrogen-bond acceptors (Lipinski definition) is 3. The van der Waals surface area contributed by atoms with Crippen LogP contribution in [-0.4, -0.2) is 42.4 Å². The predicted molar refractivity (Wildman–Crippen MR) is 73.5 cm³/mol. The van der Waals surface area contributed by atoms with E-state index in [2.05, 4.69) is 11.0 Å². The number of benzene rings is 1. The van der Waals surface area contributed by atoms with Gasteiger partial charge in [-0.05, 0) is 43.6 Å². The zero-order valence-corrected chi connectivity index (χ0v) is 11.3. The highest BCUT2D eigenvalue weighted by molar-refractivity contribution is 5.94. The van der Waals surface area contributed by atoms with Gasteiger partial charge in [0.25, 0.3) is 5.91 Å². The van der Waals surface area contributed by atoms with Crippen LogP contribution in [0.3, 0.4) is 0 Å². The van der Waals surface area contributed by atoms with Crippen LogP contribution < -0.4 is 0 Å². The van der Waals surface area contributed by atoms with Crippen molar-refractivity contribution in [2.45, 2.75) is 19.4 Å². The molecule has 1 saturated heterocycles. The largest absolute Gasteiger partial charge is 0.328 e. The molecule has 100 valence electrons. The molecule has 1 aliphatic heterocycles. The van der Waals surface area contributed by atoms with Crippen LogP contribution in [0.1, 0.15) is 28.8 Å². The van der Waals surface area contributed by atoms with Crippen molar-refractivity contribution in [2.75, 3.05) is 26.7 Å². The van der Waals surface area contributed by atoms with Crippen molar-refractivity contribution < 1.29 is 4.79 Å². The maximum absolute atomic E-state index is 12.1. The molecule has 19 heavy (non-hydrogen) atoms. The first-order valence-electron chi connectivity index (χ1n) is 6.64. The minimum Gasteiger partial charge on any atom is -0.328 e. The molecular weight excluding hydrogens is 238 g/mol. The van der Waals surface area contributed by atoms with Gasteiger partial charge in [0.15, 0.2) is 0 Å². The molecule has 0 spiro atoms. The number of carbonyl (C=O) groups excluding carboxylic acids is 1. The topological polar surface area (TPSA) is 47.3 Å². The summed E-state index contributed by atoms with van der Waals surface area (Å²) in [6, 6.07) is 9.71. The Hall–Kier alpha value is -1.86. The van der Waals surface area contributed by atoms with E-state index < -0.39 is 0 Å². The third kappa shape index (κ3) is 3.55.